The van der Waals surface area contributed by atoms with E-state index in [0.717, 1.165) is 5.56 Å². The summed E-state index contributed by atoms with van der Waals surface area (Å²) in [5, 5.41) is 7.74. The number of hydrogen-bond acceptors (Lipinski definition) is 5. The van der Waals surface area contributed by atoms with Crippen molar-refractivity contribution in [3.63, 3.8) is 0 Å². The van der Waals surface area contributed by atoms with Gasteiger partial charge in [0.2, 0.25) is 10.0 Å². The lowest BCUT2D eigenvalue weighted by molar-refractivity contribution is -0.131. The highest BCUT2D eigenvalue weighted by Crippen LogP contribution is 2.15. The van der Waals surface area contributed by atoms with Gasteiger partial charge in [-0.05, 0) is 24.6 Å². The largest absolute Gasteiger partial charge is 0.370 e. The summed E-state index contributed by atoms with van der Waals surface area (Å²) in [6.45, 7) is 1.85. The van der Waals surface area contributed by atoms with Gasteiger partial charge in [-0.15, -0.1) is 0 Å². The van der Waals surface area contributed by atoms with Crippen LogP contribution in [0.25, 0.3) is 0 Å². The average molecular weight is 301 g/mol. The number of ether oxygens (including phenoxy) is 1. The Morgan fingerprint density at radius 3 is 2.30 bits per heavy atom. The van der Waals surface area contributed by atoms with Crippen molar-refractivity contribution in [2.75, 3.05) is 13.7 Å². The second-order valence-electron chi connectivity index (χ2n) is 4.30. The number of carbonyl (C=O) groups is 1. The van der Waals surface area contributed by atoms with Crippen molar-refractivity contribution in [3.05, 3.63) is 29.8 Å². The van der Waals surface area contributed by atoms with Crippen LogP contribution in [0.5, 0.6) is 0 Å². The van der Waals surface area contributed by atoms with Gasteiger partial charge in [0.15, 0.2) is 0 Å². The third kappa shape index (κ3) is 4.27. The minimum Gasteiger partial charge on any atom is -0.370 e. The van der Waals surface area contributed by atoms with Gasteiger partial charge in [-0.25, -0.2) is 13.6 Å². The number of primary sulfonamides is 1. The maximum Gasteiger partial charge on any atom is 0.250 e. The molecule has 1 aromatic carbocycles. The molecule has 0 aliphatic heterocycles. The molecule has 1 rings (SSSR count). The van der Waals surface area contributed by atoms with Gasteiger partial charge < -0.3 is 15.8 Å². The molecule has 0 heterocycles. The molecule has 0 aromatic heterocycles. The normalized spacial score (nSPS) is 14.6. The van der Waals surface area contributed by atoms with Gasteiger partial charge in [-0.1, -0.05) is 12.1 Å². The van der Waals surface area contributed by atoms with Crippen molar-refractivity contribution in [3.8, 4) is 0 Å². The van der Waals surface area contributed by atoms with E-state index in [1.807, 2.05) is 0 Å². The number of nitrogens with one attached hydrogen (secondary N) is 1. The molecule has 1 amide bonds. The summed E-state index contributed by atoms with van der Waals surface area (Å²) in [6, 6.07) is 5.67. The van der Waals surface area contributed by atoms with E-state index in [1.165, 1.54) is 19.2 Å². The SMILES string of the molecule is COC(CN)C(=O)NC(C)c1ccc(S(N)(=O)=O)cc1. The van der Waals surface area contributed by atoms with Crippen LogP contribution in [-0.2, 0) is 19.6 Å². The zero-order valence-electron chi connectivity index (χ0n) is 11.4. The predicted molar refractivity (Wildman–Crippen MR) is 74.2 cm³/mol. The van der Waals surface area contributed by atoms with Crippen LogP contribution in [0.15, 0.2) is 29.2 Å². The van der Waals surface area contributed by atoms with Crippen LogP contribution in [0, 0.1) is 0 Å². The minimum atomic E-state index is -3.71. The number of nitrogens with two attached hydrogens (primary N) is 2. The molecule has 0 spiro atoms. The fraction of sp³-hybridized carbons (Fsp3) is 0.417. The third-order valence-corrected chi connectivity index (χ3v) is 3.79. The standard InChI is InChI=1S/C12H19N3O4S/c1-8(15-12(16)11(7-13)19-2)9-3-5-10(6-4-9)20(14,17)18/h3-6,8,11H,7,13H2,1-2H3,(H,15,16)(H2,14,17,18). The van der Waals surface area contributed by atoms with Gasteiger partial charge in [0.05, 0.1) is 10.9 Å². The Hall–Kier alpha value is -1.48. The summed E-state index contributed by atoms with van der Waals surface area (Å²) < 4.78 is 27.2. The first kappa shape index (κ1) is 16.6. The summed E-state index contributed by atoms with van der Waals surface area (Å²) in [5.74, 6) is -0.321. The Kier molecular flexibility index (Phi) is 5.63. The summed E-state index contributed by atoms with van der Waals surface area (Å²) in [4.78, 5) is 11.8. The summed E-state index contributed by atoms with van der Waals surface area (Å²) in [7, 11) is -2.31. The van der Waals surface area contributed by atoms with Crippen LogP contribution in [-0.4, -0.2) is 34.1 Å². The van der Waals surface area contributed by atoms with E-state index in [2.05, 4.69) is 5.32 Å². The number of hydrogen-bond donors (Lipinski definition) is 3. The van der Waals surface area contributed by atoms with Crippen molar-refractivity contribution in [1.82, 2.24) is 5.32 Å². The zero-order chi connectivity index (χ0) is 15.3. The second kappa shape index (κ2) is 6.80. The van der Waals surface area contributed by atoms with Crippen LogP contribution in [0.2, 0.25) is 0 Å². The molecule has 0 saturated carbocycles. The molecular weight excluding hydrogens is 282 g/mol. The molecule has 20 heavy (non-hydrogen) atoms. The van der Waals surface area contributed by atoms with Gasteiger partial charge in [-0.3, -0.25) is 4.79 Å². The molecule has 0 bridgehead atoms. The third-order valence-electron chi connectivity index (χ3n) is 2.86. The molecule has 0 fully saturated rings. The van der Waals surface area contributed by atoms with Crippen molar-refractivity contribution in [2.24, 2.45) is 10.9 Å². The van der Waals surface area contributed by atoms with Crippen molar-refractivity contribution in [2.45, 2.75) is 24.0 Å². The fourth-order valence-electron chi connectivity index (χ4n) is 1.65. The van der Waals surface area contributed by atoms with Gasteiger partial charge in [0.25, 0.3) is 5.91 Å². The first-order valence-electron chi connectivity index (χ1n) is 5.95. The summed E-state index contributed by atoms with van der Waals surface area (Å²) >= 11 is 0. The highest BCUT2D eigenvalue weighted by Gasteiger charge is 2.18. The molecule has 2 unspecified atom stereocenters. The Morgan fingerprint density at radius 2 is 1.90 bits per heavy atom. The Labute approximate surface area is 118 Å². The lowest BCUT2D eigenvalue weighted by atomic mass is 10.1. The van der Waals surface area contributed by atoms with Crippen molar-refractivity contribution in [1.29, 1.82) is 0 Å². The predicted octanol–water partition coefficient (Wildman–Crippen LogP) is -0.515. The Morgan fingerprint density at radius 1 is 1.35 bits per heavy atom. The van der Waals surface area contributed by atoms with E-state index in [1.54, 1.807) is 19.1 Å². The van der Waals surface area contributed by atoms with E-state index in [9.17, 15) is 13.2 Å². The Balaban J connectivity index is 2.78. The lowest BCUT2D eigenvalue weighted by Crippen LogP contribution is -2.41. The maximum atomic E-state index is 11.8. The molecular formula is C12H19N3O4S. The van der Waals surface area contributed by atoms with Gasteiger partial charge in [-0.2, -0.15) is 0 Å². The average Bonchev–Trinajstić information content (AvgIpc) is 2.39. The molecule has 112 valence electrons. The van der Waals surface area contributed by atoms with E-state index < -0.39 is 16.1 Å². The fourth-order valence-corrected chi connectivity index (χ4v) is 2.16. The highest BCUT2D eigenvalue weighted by atomic mass is 32.2. The molecule has 8 heteroatoms. The van der Waals surface area contributed by atoms with E-state index in [-0.39, 0.29) is 23.4 Å². The molecule has 5 N–H and O–H groups in total. The van der Waals surface area contributed by atoms with E-state index in [0.29, 0.717) is 0 Å². The van der Waals surface area contributed by atoms with Crippen LogP contribution >= 0.6 is 0 Å². The number of methoxy groups -OCH3 is 1. The van der Waals surface area contributed by atoms with Gasteiger partial charge >= 0.3 is 0 Å². The van der Waals surface area contributed by atoms with Crippen LogP contribution in [0.4, 0.5) is 0 Å². The van der Waals surface area contributed by atoms with E-state index >= 15 is 0 Å². The number of rotatable bonds is 6. The molecule has 2 atom stereocenters. The number of amides is 1. The van der Waals surface area contributed by atoms with E-state index in [4.69, 9.17) is 15.6 Å². The van der Waals surface area contributed by atoms with Gasteiger partial charge in [0, 0.05) is 13.7 Å². The number of benzene rings is 1. The minimum absolute atomic E-state index is 0.0245. The topological polar surface area (TPSA) is 125 Å². The molecule has 7 nitrogen and oxygen atoms in total. The van der Waals surface area contributed by atoms with Crippen molar-refractivity contribution >= 4 is 15.9 Å². The first-order valence-corrected chi connectivity index (χ1v) is 7.50. The van der Waals surface area contributed by atoms with Crippen molar-refractivity contribution < 1.29 is 17.9 Å². The smallest absolute Gasteiger partial charge is 0.250 e. The molecule has 0 aliphatic carbocycles. The molecule has 1 aromatic rings. The number of carbonyl (C=O) groups excluding carboxylic acids is 1. The van der Waals surface area contributed by atoms with Gasteiger partial charge in [0.1, 0.15) is 6.10 Å². The zero-order valence-corrected chi connectivity index (χ0v) is 12.2. The monoisotopic (exact) mass is 301 g/mol. The van der Waals surface area contributed by atoms with Crippen LogP contribution in [0.3, 0.4) is 0 Å². The molecule has 0 saturated heterocycles. The summed E-state index contributed by atoms with van der Waals surface area (Å²) in [5.41, 5.74) is 6.15. The number of sulfonamides is 1. The van der Waals surface area contributed by atoms with Crippen LogP contribution in [0.1, 0.15) is 18.5 Å². The maximum absolute atomic E-state index is 11.8. The van der Waals surface area contributed by atoms with Crippen LogP contribution < -0.4 is 16.2 Å². The molecule has 0 radical (unpaired) electrons. The lowest BCUT2D eigenvalue weighted by Gasteiger charge is -2.18. The molecule has 0 aliphatic rings. The highest BCUT2D eigenvalue weighted by molar-refractivity contribution is 7.89. The Bertz CT molecular complexity index is 553. The quantitative estimate of drug-likeness (QED) is 0.652. The second-order valence-corrected chi connectivity index (χ2v) is 5.87. The first-order chi connectivity index (χ1) is 9.29. The summed E-state index contributed by atoms with van der Waals surface area (Å²) in [6.07, 6.45) is -0.707.